The summed E-state index contributed by atoms with van der Waals surface area (Å²) in [5, 5.41) is 21.9. The molecule has 0 saturated heterocycles. The molecule has 0 aromatic rings. The zero-order valence-electron chi connectivity index (χ0n) is 17.1. The first-order valence-corrected chi connectivity index (χ1v) is 8.10. The predicted octanol–water partition coefficient (Wildman–Crippen LogP) is 1.06. The standard InChI is InChI=1S/2C6H15NO2.C4H6O4/c2*1-5(8-3)7-6(2)9-4;5-3(6)1-2-4(7)8/h2*5-7H,1-4H3;1-2H2,(H,5,6)(H,7,8). The van der Waals surface area contributed by atoms with Crippen LogP contribution in [0.25, 0.3) is 0 Å². The van der Waals surface area contributed by atoms with E-state index < -0.39 is 11.9 Å². The third-order valence-electron chi connectivity index (χ3n) is 2.91. The maximum atomic E-state index is 9.64. The summed E-state index contributed by atoms with van der Waals surface area (Å²) in [7, 11) is 6.61. The summed E-state index contributed by atoms with van der Waals surface area (Å²) in [5.74, 6) is -2.15. The van der Waals surface area contributed by atoms with Gasteiger partial charge in [-0.25, -0.2) is 0 Å². The second-order valence-corrected chi connectivity index (χ2v) is 5.13. The average molecular weight is 384 g/mol. The highest BCUT2D eigenvalue weighted by atomic mass is 16.5. The van der Waals surface area contributed by atoms with Gasteiger partial charge in [0, 0.05) is 28.4 Å². The molecule has 0 saturated carbocycles. The number of carboxylic acids is 2. The Morgan fingerprint density at radius 2 is 0.846 bits per heavy atom. The minimum Gasteiger partial charge on any atom is -0.481 e. The fraction of sp³-hybridized carbons (Fsp3) is 0.875. The summed E-state index contributed by atoms with van der Waals surface area (Å²) < 4.78 is 19.7. The second-order valence-electron chi connectivity index (χ2n) is 5.13. The summed E-state index contributed by atoms with van der Waals surface area (Å²) in [4.78, 5) is 19.3. The van der Waals surface area contributed by atoms with Crippen LogP contribution in [-0.2, 0) is 28.5 Å². The van der Waals surface area contributed by atoms with E-state index in [2.05, 4.69) is 10.6 Å². The van der Waals surface area contributed by atoms with E-state index >= 15 is 0 Å². The van der Waals surface area contributed by atoms with Gasteiger partial charge in [-0.2, -0.15) is 0 Å². The smallest absolute Gasteiger partial charge is 0.303 e. The van der Waals surface area contributed by atoms with Gasteiger partial charge in [0.1, 0.15) is 24.9 Å². The zero-order chi connectivity index (χ0) is 21.1. The van der Waals surface area contributed by atoms with Gasteiger partial charge in [0.15, 0.2) is 0 Å². The lowest BCUT2D eigenvalue weighted by Crippen LogP contribution is -2.36. The first-order chi connectivity index (χ1) is 12.0. The topological polar surface area (TPSA) is 136 Å². The molecule has 0 aromatic heterocycles. The van der Waals surface area contributed by atoms with Gasteiger partial charge >= 0.3 is 11.9 Å². The maximum Gasteiger partial charge on any atom is 0.303 e. The van der Waals surface area contributed by atoms with Gasteiger partial charge < -0.3 is 29.2 Å². The van der Waals surface area contributed by atoms with Crippen molar-refractivity contribution in [1.82, 2.24) is 10.6 Å². The quantitative estimate of drug-likeness (QED) is 0.383. The van der Waals surface area contributed by atoms with Crippen molar-refractivity contribution < 1.29 is 38.7 Å². The van der Waals surface area contributed by atoms with Crippen LogP contribution < -0.4 is 10.6 Å². The lowest BCUT2D eigenvalue weighted by Gasteiger charge is -2.16. The third-order valence-corrected chi connectivity index (χ3v) is 2.91. The van der Waals surface area contributed by atoms with Gasteiger partial charge in [-0.15, -0.1) is 0 Å². The molecule has 0 fully saturated rings. The van der Waals surface area contributed by atoms with Crippen LogP contribution in [0.2, 0.25) is 0 Å². The predicted molar refractivity (Wildman–Crippen MR) is 96.7 cm³/mol. The Morgan fingerprint density at radius 3 is 0.962 bits per heavy atom. The number of carbonyl (C=O) groups is 2. The van der Waals surface area contributed by atoms with E-state index in [1.807, 2.05) is 27.7 Å². The van der Waals surface area contributed by atoms with E-state index in [9.17, 15) is 9.59 Å². The van der Waals surface area contributed by atoms with Gasteiger partial charge in [0.25, 0.3) is 0 Å². The van der Waals surface area contributed by atoms with E-state index in [-0.39, 0.29) is 37.8 Å². The van der Waals surface area contributed by atoms with Crippen molar-refractivity contribution in [3.63, 3.8) is 0 Å². The molecule has 158 valence electrons. The SMILES string of the molecule is COC(C)NC(C)OC.COC(C)NC(C)OC.O=C(O)CCC(=O)O. The van der Waals surface area contributed by atoms with Gasteiger partial charge in [-0.05, 0) is 27.7 Å². The number of methoxy groups -OCH3 is 4. The molecular weight excluding hydrogens is 348 g/mol. The molecule has 4 unspecified atom stereocenters. The van der Waals surface area contributed by atoms with E-state index in [1.54, 1.807) is 28.4 Å². The molecular formula is C16H36N2O8. The summed E-state index contributed by atoms with van der Waals surface area (Å²) in [6, 6.07) is 0. The number of aliphatic carboxylic acids is 2. The Kier molecular flexibility index (Phi) is 22.7. The van der Waals surface area contributed by atoms with E-state index in [0.29, 0.717) is 0 Å². The van der Waals surface area contributed by atoms with Crippen LogP contribution in [0, 0.1) is 0 Å². The lowest BCUT2D eigenvalue weighted by atomic mass is 10.3. The molecule has 10 nitrogen and oxygen atoms in total. The monoisotopic (exact) mass is 384 g/mol. The molecule has 0 amide bonds. The Morgan fingerprint density at radius 1 is 0.654 bits per heavy atom. The van der Waals surface area contributed by atoms with Crippen molar-refractivity contribution in [3.8, 4) is 0 Å². The van der Waals surface area contributed by atoms with Crippen LogP contribution in [0.4, 0.5) is 0 Å². The zero-order valence-corrected chi connectivity index (χ0v) is 17.1. The van der Waals surface area contributed by atoms with Crippen molar-refractivity contribution >= 4 is 11.9 Å². The van der Waals surface area contributed by atoms with Crippen molar-refractivity contribution in [1.29, 1.82) is 0 Å². The Labute approximate surface area is 156 Å². The molecule has 0 bridgehead atoms. The van der Waals surface area contributed by atoms with E-state index in [4.69, 9.17) is 29.2 Å². The molecule has 26 heavy (non-hydrogen) atoms. The molecule has 0 heterocycles. The lowest BCUT2D eigenvalue weighted by molar-refractivity contribution is -0.143. The first kappa shape index (κ1) is 29.5. The normalized spacial score (nSPS) is 14.6. The molecule has 0 aliphatic heterocycles. The average Bonchev–Trinajstić information content (AvgIpc) is 2.60. The molecule has 0 radical (unpaired) electrons. The van der Waals surface area contributed by atoms with Crippen molar-refractivity contribution in [2.24, 2.45) is 0 Å². The highest BCUT2D eigenvalue weighted by Gasteiger charge is 2.03. The minimum absolute atomic E-state index is 0.0555. The molecule has 0 aliphatic carbocycles. The molecule has 0 aromatic carbocycles. The van der Waals surface area contributed by atoms with Crippen LogP contribution in [0.1, 0.15) is 40.5 Å². The molecule has 0 rings (SSSR count). The number of hydrogen-bond acceptors (Lipinski definition) is 8. The Bertz CT molecular complexity index is 296. The maximum absolute atomic E-state index is 9.64. The van der Waals surface area contributed by atoms with Gasteiger partial charge in [0.2, 0.25) is 0 Å². The molecule has 0 spiro atoms. The summed E-state index contributed by atoms with van der Waals surface area (Å²) in [6.07, 6.45) is -0.371. The van der Waals surface area contributed by atoms with Crippen LogP contribution in [0.3, 0.4) is 0 Å². The fourth-order valence-electron chi connectivity index (χ4n) is 1.15. The first-order valence-electron chi connectivity index (χ1n) is 8.10. The highest BCUT2D eigenvalue weighted by molar-refractivity contribution is 5.75. The van der Waals surface area contributed by atoms with E-state index in [0.717, 1.165) is 0 Å². The van der Waals surface area contributed by atoms with Crippen LogP contribution >= 0.6 is 0 Å². The molecule has 0 aliphatic rings. The van der Waals surface area contributed by atoms with Crippen molar-refractivity contribution in [3.05, 3.63) is 0 Å². The number of ether oxygens (including phenoxy) is 4. The summed E-state index contributed by atoms with van der Waals surface area (Å²) in [6.45, 7) is 7.70. The minimum atomic E-state index is -1.08. The van der Waals surface area contributed by atoms with Crippen molar-refractivity contribution in [2.45, 2.75) is 65.4 Å². The fourth-order valence-corrected chi connectivity index (χ4v) is 1.15. The largest absolute Gasteiger partial charge is 0.481 e. The van der Waals surface area contributed by atoms with Gasteiger partial charge in [-0.1, -0.05) is 0 Å². The number of nitrogens with one attached hydrogen (secondary N) is 2. The summed E-state index contributed by atoms with van der Waals surface area (Å²) >= 11 is 0. The van der Waals surface area contributed by atoms with Crippen LogP contribution in [-0.4, -0.2) is 75.5 Å². The number of carboxylic acid groups (broad SMARTS) is 2. The Balaban J connectivity index is -0.000000306. The van der Waals surface area contributed by atoms with Gasteiger partial charge in [0.05, 0.1) is 12.8 Å². The summed E-state index contributed by atoms with van der Waals surface area (Å²) in [5.41, 5.74) is 0. The second kappa shape index (κ2) is 20.0. The van der Waals surface area contributed by atoms with E-state index in [1.165, 1.54) is 0 Å². The highest BCUT2D eigenvalue weighted by Crippen LogP contribution is 1.87. The molecule has 4 N–H and O–H groups in total. The van der Waals surface area contributed by atoms with Crippen LogP contribution in [0.5, 0.6) is 0 Å². The number of rotatable bonds is 11. The molecule has 10 heteroatoms. The van der Waals surface area contributed by atoms with Crippen molar-refractivity contribution in [2.75, 3.05) is 28.4 Å². The number of hydrogen-bond donors (Lipinski definition) is 4. The third kappa shape index (κ3) is 27.5. The van der Waals surface area contributed by atoms with Gasteiger partial charge in [-0.3, -0.25) is 20.2 Å². The molecule has 4 atom stereocenters. The Hall–Kier alpha value is -1.30. The van der Waals surface area contributed by atoms with Crippen LogP contribution in [0.15, 0.2) is 0 Å².